The van der Waals surface area contributed by atoms with Crippen LogP contribution >= 0.6 is 0 Å². The summed E-state index contributed by atoms with van der Waals surface area (Å²) in [6.45, 7) is 5.73. The second-order valence-corrected chi connectivity index (χ2v) is 5.40. The molecule has 0 radical (unpaired) electrons. The Morgan fingerprint density at radius 1 is 1.30 bits per heavy atom. The van der Waals surface area contributed by atoms with Crippen LogP contribution in [0.25, 0.3) is 0 Å². The molecule has 5 nitrogen and oxygen atoms in total. The monoisotopic (exact) mass is 272 g/mol. The third-order valence-electron chi connectivity index (χ3n) is 3.46. The molecule has 0 spiro atoms. The van der Waals surface area contributed by atoms with Gasteiger partial charge in [-0.2, -0.15) is 0 Å². The van der Waals surface area contributed by atoms with Gasteiger partial charge >= 0.3 is 6.01 Å². The zero-order chi connectivity index (χ0) is 13.9. The van der Waals surface area contributed by atoms with Crippen molar-refractivity contribution in [3.63, 3.8) is 0 Å². The minimum absolute atomic E-state index is 0.404. The maximum atomic E-state index is 5.77. The van der Waals surface area contributed by atoms with Gasteiger partial charge in [0, 0.05) is 18.3 Å². The van der Waals surface area contributed by atoms with Crippen LogP contribution in [0.3, 0.4) is 0 Å². The maximum Gasteiger partial charge on any atom is 0.322 e. The Hall–Kier alpha value is -1.88. The number of anilines is 2. The van der Waals surface area contributed by atoms with Crippen LogP contribution in [-0.4, -0.2) is 22.8 Å². The summed E-state index contributed by atoms with van der Waals surface area (Å²) >= 11 is 0. The molecule has 0 atom stereocenters. The average Bonchev–Trinajstić information content (AvgIpc) is 2.93. The summed E-state index contributed by atoms with van der Waals surface area (Å²) in [6, 6.07) is 9.41. The van der Waals surface area contributed by atoms with E-state index in [0.717, 1.165) is 19.4 Å². The van der Waals surface area contributed by atoms with Gasteiger partial charge in [0.1, 0.15) is 0 Å². The standard InChI is InChI=1S/C15H20N4O/c1-11(2)16-10-14-17-18-15(20-14)19-9-5-7-12-6-3-4-8-13(12)19/h3-4,6,8,11,16H,5,7,9-10H2,1-2H3. The number of hydrogen-bond acceptors (Lipinski definition) is 5. The summed E-state index contributed by atoms with van der Waals surface area (Å²) in [5.74, 6) is 0.636. The highest BCUT2D eigenvalue weighted by Gasteiger charge is 2.22. The Labute approximate surface area is 119 Å². The first kappa shape index (κ1) is 13.1. The number of para-hydroxylation sites is 1. The molecule has 2 aromatic rings. The van der Waals surface area contributed by atoms with E-state index in [-0.39, 0.29) is 0 Å². The van der Waals surface area contributed by atoms with E-state index in [2.05, 4.69) is 58.5 Å². The topological polar surface area (TPSA) is 54.2 Å². The molecule has 1 aliphatic rings. The lowest BCUT2D eigenvalue weighted by molar-refractivity contribution is 0.450. The number of rotatable bonds is 4. The lowest BCUT2D eigenvalue weighted by atomic mass is 10.0. The molecule has 5 heteroatoms. The number of nitrogens with zero attached hydrogens (tertiary/aromatic N) is 3. The number of aromatic nitrogens is 2. The minimum Gasteiger partial charge on any atom is -0.406 e. The van der Waals surface area contributed by atoms with E-state index in [1.165, 1.54) is 11.3 Å². The molecule has 3 rings (SSSR count). The van der Waals surface area contributed by atoms with E-state index in [0.29, 0.717) is 24.5 Å². The van der Waals surface area contributed by atoms with Crippen LogP contribution in [-0.2, 0) is 13.0 Å². The highest BCUT2D eigenvalue weighted by Crippen LogP contribution is 2.32. The molecule has 0 bridgehead atoms. The molecule has 106 valence electrons. The molecule has 1 N–H and O–H groups in total. The van der Waals surface area contributed by atoms with Crippen LogP contribution in [0.1, 0.15) is 31.7 Å². The number of hydrogen-bond donors (Lipinski definition) is 1. The molecule has 0 fully saturated rings. The van der Waals surface area contributed by atoms with Crippen LogP contribution < -0.4 is 10.2 Å². The normalized spacial score (nSPS) is 14.7. The second kappa shape index (κ2) is 5.63. The van der Waals surface area contributed by atoms with Crippen molar-refractivity contribution in [1.29, 1.82) is 0 Å². The van der Waals surface area contributed by atoms with Gasteiger partial charge in [0.2, 0.25) is 5.89 Å². The van der Waals surface area contributed by atoms with E-state index in [4.69, 9.17) is 4.42 Å². The molecular formula is C15H20N4O. The van der Waals surface area contributed by atoms with Gasteiger partial charge in [-0.25, -0.2) is 0 Å². The van der Waals surface area contributed by atoms with Gasteiger partial charge in [0.25, 0.3) is 0 Å². The summed E-state index contributed by atoms with van der Waals surface area (Å²) in [5, 5.41) is 11.6. The van der Waals surface area contributed by atoms with E-state index < -0.39 is 0 Å². The summed E-state index contributed by atoms with van der Waals surface area (Å²) in [7, 11) is 0. The molecule has 0 amide bonds. The van der Waals surface area contributed by atoms with Crippen LogP contribution in [0, 0.1) is 0 Å². The van der Waals surface area contributed by atoms with Gasteiger partial charge in [0.05, 0.1) is 6.54 Å². The van der Waals surface area contributed by atoms with Crippen LogP contribution in [0.15, 0.2) is 28.7 Å². The first-order valence-electron chi connectivity index (χ1n) is 7.15. The molecule has 0 unspecified atom stereocenters. The summed E-state index contributed by atoms with van der Waals surface area (Å²) in [6.07, 6.45) is 2.22. The smallest absolute Gasteiger partial charge is 0.322 e. The van der Waals surface area contributed by atoms with E-state index >= 15 is 0 Å². The van der Waals surface area contributed by atoms with Gasteiger partial charge in [-0.05, 0) is 24.5 Å². The molecule has 2 heterocycles. The lowest BCUT2D eigenvalue weighted by Gasteiger charge is -2.27. The Morgan fingerprint density at radius 3 is 3.00 bits per heavy atom. The Morgan fingerprint density at radius 2 is 2.15 bits per heavy atom. The Kier molecular flexibility index (Phi) is 3.69. The van der Waals surface area contributed by atoms with Gasteiger partial charge in [-0.3, -0.25) is 4.90 Å². The van der Waals surface area contributed by atoms with Gasteiger partial charge in [-0.1, -0.05) is 37.1 Å². The summed E-state index contributed by atoms with van der Waals surface area (Å²) < 4.78 is 5.77. The van der Waals surface area contributed by atoms with Crippen LogP contribution in [0.5, 0.6) is 0 Å². The van der Waals surface area contributed by atoms with Crippen molar-refractivity contribution in [1.82, 2.24) is 15.5 Å². The fourth-order valence-electron chi connectivity index (χ4n) is 2.45. The van der Waals surface area contributed by atoms with Gasteiger partial charge < -0.3 is 9.73 Å². The quantitative estimate of drug-likeness (QED) is 0.927. The maximum absolute atomic E-state index is 5.77. The summed E-state index contributed by atoms with van der Waals surface area (Å²) in [5.41, 5.74) is 2.53. The second-order valence-electron chi connectivity index (χ2n) is 5.40. The van der Waals surface area contributed by atoms with E-state index in [1.807, 2.05) is 0 Å². The molecule has 0 saturated heterocycles. The molecule has 1 aliphatic heterocycles. The summed E-state index contributed by atoms with van der Waals surface area (Å²) in [4.78, 5) is 2.12. The molecule has 0 saturated carbocycles. The largest absolute Gasteiger partial charge is 0.406 e. The molecule has 20 heavy (non-hydrogen) atoms. The van der Waals surface area contributed by atoms with Crippen molar-refractivity contribution in [3.8, 4) is 0 Å². The highest BCUT2D eigenvalue weighted by molar-refractivity contribution is 5.62. The first-order valence-corrected chi connectivity index (χ1v) is 7.15. The van der Waals surface area contributed by atoms with E-state index in [9.17, 15) is 0 Å². The minimum atomic E-state index is 0.404. The molecular weight excluding hydrogens is 252 g/mol. The third-order valence-corrected chi connectivity index (χ3v) is 3.46. The van der Waals surface area contributed by atoms with Crippen LogP contribution in [0.4, 0.5) is 11.7 Å². The Bertz CT molecular complexity index is 579. The molecule has 1 aromatic heterocycles. The zero-order valence-corrected chi connectivity index (χ0v) is 12.0. The highest BCUT2D eigenvalue weighted by atomic mass is 16.4. The van der Waals surface area contributed by atoms with Gasteiger partial charge in [0.15, 0.2) is 0 Å². The van der Waals surface area contributed by atoms with Crippen LogP contribution in [0.2, 0.25) is 0 Å². The van der Waals surface area contributed by atoms with Crippen molar-refractivity contribution in [2.75, 3.05) is 11.4 Å². The zero-order valence-electron chi connectivity index (χ0n) is 12.0. The fraction of sp³-hybridized carbons (Fsp3) is 0.467. The number of fused-ring (bicyclic) bond motifs is 1. The predicted octanol–water partition coefficient (Wildman–Crippen LogP) is 2.65. The first-order chi connectivity index (χ1) is 9.74. The van der Waals surface area contributed by atoms with Crippen molar-refractivity contribution >= 4 is 11.7 Å². The van der Waals surface area contributed by atoms with Gasteiger partial charge in [-0.15, -0.1) is 5.10 Å². The van der Waals surface area contributed by atoms with E-state index in [1.54, 1.807) is 0 Å². The van der Waals surface area contributed by atoms with Crippen molar-refractivity contribution in [3.05, 3.63) is 35.7 Å². The van der Waals surface area contributed by atoms with Crippen molar-refractivity contribution < 1.29 is 4.42 Å². The van der Waals surface area contributed by atoms with Crippen molar-refractivity contribution in [2.24, 2.45) is 0 Å². The SMILES string of the molecule is CC(C)NCc1nnc(N2CCCc3ccccc32)o1. The fourth-order valence-corrected chi connectivity index (χ4v) is 2.45. The van der Waals surface area contributed by atoms with Crippen molar-refractivity contribution in [2.45, 2.75) is 39.3 Å². The Balaban J connectivity index is 1.80. The predicted molar refractivity (Wildman–Crippen MR) is 78.0 cm³/mol. The number of benzene rings is 1. The lowest BCUT2D eigenvalue weighted by Crippen LogP contribution is -2.24. The molecule has 1 aromatic carbocycles. The molecule has 0 aliphatic carbocycles. The third kappa shape index (κ3) is 2.67. The number of aryl methyl sites for hydroxylation is 1. The number of nitrogens with one attached hydrogen (secondary N) is 1. The average molecular weight is 272 g/mol.